The van der Waals surface area contributed by atoms with Crippen LogP contribution in [0.2, 0.25) is 0 Å². The lowest BCUT2D eigenvalue weighted by atomic mass is 9.96. The van der Waals surface area contributed by atoms with Crippen molar-refractivity contribution in [3.63, 3.8) is 0 Å². The molecule has 31 heavy (non-hydrogen) atoms. The summed E-state index contributed by atoms with van der Waals surface area (Å²) < 4.78 is 12.7. The standard InChI is InChI=1S/C22H21N3O4S2/c26-20(12-30-22-24-16-3-1-2-4-19(16)31-22)25-9-7-14(8-10-25)21(27)23-15-5-6-17-18(11-15)29-13-28-17/h1-6,11,14H,7-10,12-13H2,(H,23,27). The minimum absolute atomic E-state index is 0.0187. The van der Waals surface area contributed by atoms with Gasteiger partial charge in [0.05, 0.1) is 16.0 Å². The molecule has 2 amide bonds. The quantitative estimate of drug-likeness (QED) is 0.586. The molecule has 0 saturated carbocycles. The Morgan fingerprint density at radius 2 is 1.94 bits per heavy atom. The highest BCUT2D eigenvalue weighted by Gasteiger charge is 2.28. The highest BCUT2D eigenvalue weighted by atomic mass is 32.2. The second-order valence-corrected chi connectivity index (χ2v) is 9.70. The van der Waals surface area contributed by atoms with E-state index in [4.69, 9.17) is 9.47 Å². The van der Waals surface area contributed by atoms with Gasteiger partial charge in [-0.1, -0.05) is 23.9 Å². The summed E-state index contributed by atoms with van der Waals surface area (Å²) in [5, 5.41) is 2.96. The zero-order valence-corrected chi connectivity index (χ0v) is 18.3. The highest BCUT2D eigenvalue weighted by molar-refractivity contribution is 8.01. The summed E-state index contributed by atoms with van der Waals surface area (Å²) in [4.78, 5) is 31.7. The van der Waals surface area contributed by atoms with Crippen LogP contribution in [0.25, 0.3) is 10.2 Å². The fourth-order valence-corrected chi connectivity index (χ4v) is 5.71. The number of hydrogen-bond donors (Lipinski definition) is 1. The molecule has 0 atom stereocenters. The number of likely N-dealkylation sites (tertiary alicyclic amines) is 1. The average molecular weight is 456 g/mol. The van der Waals surface area contributed by atoms with Gasteiger partial charge in [0.25, 0.3) is 0 Å². The lowest BCUT2D eigenvalue weighted by molar-refractivity contribution is -0.132. The molecular formula is C22H21N3O4S2. The van der Waals surface area contributed by atoms with E-state index in [0.717, 1.165) is 14.6 Å². The van der Waals surface area contributed by atoms with Crippen LogP contribution in [0.3, 0.4) is 0 Å². The van der Waals surface area contributed by atoms with Gasteiger partial charge in [0.2, 0.25) is 18.6 Å². The summed E-state index contributed by atoms with van der Waals surface area (Å²) in [6.45, 7) is 1.40. The van der Waals surface area contributed by atoms with E-state index in [2.05, 4.69) is 10.3 Å². The third kappa shape index (κ3) is 4.47. The van der Waals surface area contributed by atoms with Crippen LogP contribution in [0.15, 0.2) is 46.8 Å². The van der Waals surface area contributed by atoms with Gasteiger partial charge in [0, 0.05) is 30.8 Å². The molecule has 5 rings (SSSR count). The van der Waals surface area contributed by atoms with Crippen molar-refractivity contribution in [1.82, 2.24) is 9.88 Å². The summed E-state index contributed by atoms with van der Waals surface area (Å²) in [5.41, 5.74) is 1.66. The molecule has 7 nitrogen and oxygen atoms in total. The van der Waals surface area contributed by atoms with Crippen LogP contribution in [0, 0.1) is 5.92 Å². The lowest BCUT2D eigenvalue weighted by Crippen LogP contribution is -2.42. The maximum atomic E-state index is 12.6. The maximum Gasteiger partial charge on any atom is 0.233 e. The summed E-state index contributed by atoms with van der Waals surface area (Å²) in [7, 11) is 0. The summed E-state index contributed by atoms with van der Waals surface area (Å²) in [6.07, 6.45) is 1.32. The van der Waals surface area contributed by atoms with E-state index in [9.17, 15) is 9.59 Å². The lowest BCUT2D eigenvalue weighted by Gasteiger charge is -2.31. The first kappa shape index (κ1) is 20.1. The van der Waals surface area contributed by atoms with Crippen LogP contribution >= 0.6 is 23.1 Å². The minimum atomic E-state index is -0.105. The number of carbonyl (C=O) groups excluding carboxylic acids is 2. The molecule has 2 aliphatic heterocycles. The maximum absolute atomic E-state index is 12.6. The molecule has 1 N–H and O–H groups in total. The van der Waals surface area contributed by atoms with E-state index in [1.54, 1.807) is 23.5 Å². The Bertz CT molecular complexity index is 1090. The van der Waals surface area contributed by atoms with Gasteiger partial charge in [-0.2, -0.15) is 0 Å². The van der Waals surface area contributed by atoms with Gasteiger partial charge in [0.1, 0.15) is 0 Å². The van der Waals surface area contributed by atoms with Crippen LogP contribution < -0.4 is 14.8 Å². The molecule has 1 saturated heterocycles. The molecule has 160 valence electrons. The molecule has 3 aromatic rings. The first-order valence-electron chi connectivity index (χ1n) is 10.1. The largest absolute Gasteiger partial charge is 0.454 e. The number of ether oxygens (including phenoxy) is 2. The number of anilines is 1. The van der Waals surface area contributed by atoms with Crippen molar-refractivity contribution in [2.24, 2.45) is 5.92 Å². The van der Waals surface area contributed by atoms with Gasteiger partial charge in [-0.25, -0.2) is 4.98 Å². The van der Waals surface area contributed by atoms with Crippen molar-refractivity contribution in [1.29, 1.82) is 0 Å². The van der Waals surface area contributed by atoms with Gasteiger partial charge in [-0.3, -0.25) is 9.59 Å². The van der Waals surface area contributed by atoms with Gasteiger partial charge in [-0.05, 0) is 37.1 Å². The molecule has 1 fully saturated rings. The van der Waals surface area contributed by atoms with E-state index < -0.39 is 0 Å². The predicted molar refractivity (Wildman–Crippen MR) is 121 cm³/mol. The molecule has 2 aromatic carbocycles. The van der Waals surface area contributed by atoms with Crippen LogP contribution in [0.5, 0.6) is 11.5 Å². The molecule has 2 aliphatic rings. The minimum Gasteiger partial charge on any atom is -0.454 e. The van der Waals surface area contributed by atoms with Gasteiger partial charge < -0.3 is 19.7 Å². The Morgan fingerprint density at radius 1 is 1.13 bits per heavy atom. The molecular weight excluding hydrogens is 434 g/mol. The van der Waals surface area contributed by atoms with Crippen molar-refractivity contribution in [3.05, 3.63) is 42.5 Å². The van der Waals surface area contributed by atoms with Crippen LogP contribution in [0.4, 0.5) is 5.69 Å². The van der Waals surface area contributed by atoms with E-state index >= 15 is 0 Å². The number of carbonyl (C=O) groups is 2. The van der Waals surface area contributed by atoms with Crippen LogP contribution in [-0.2, 0) is 9.59 Å². The summed E-state index contributed by atoms with van der Waals surface area (Å²) in [5.74, 6) is 1.67. The topological polar surface area (TPSA) is 80.8 Å². The Labute approximate surface area is 187 Å². The van der Waals surface area contributed by atoms with Crippen molar-refractivity contribution in [2.75, 3.05) is 31.0 Å². The number of aromatic nitrogens is 1. The molecule has 0 aliphatic carbocycles. The van der Waals surface area contributed by atoms with Crippen molar-refractivity contribution >= 4 is 50.8 Å². The second-order valence-electron chi connectivity index (χ2n) is 7.45. The fourth-order valence-electron chi connectivity index (χ4n) is 3.74. The average Bonchev–Trinajstić information content (AvgIpc) is 3.43. The highest BCUT2D eigenvalue weighted by Crippen LogP contribution is 2.34. The monoisotopic (exact) mass is 455 g/mol. The predicted octanol–water partition coefficient (Wildman–Crippen LogP) is 3.99. The number of piperidine rings is 1. The number of para-hydroxylation sites is 1. The number of hydrogen-bond acceptors (Lipinski definition) is 7. The van der Waals surface area contributed by atoms with Crippen molar-refractivity contribution in [2.45, 2.75) is 17.2 Å². The number of thiazole rings is 1. The van der Waals surface area contributed by atoms with Gasteiger partial charge in [-0.15, -0.1) is 11.3 Å². The smallest absolute Gasteiger partial charge is 0.233 e. The van der Waals surface area contributed by atoms with E-state index in [0.29, 0.717) is 48.9 Å². The van der Waals surface area contributed by atoms with Crippen molar-refractivity contribution in [3.8, 4) is 11.5 Å². The Hall–Kier alpha value is -2.78. The fraction of sp³-hybridized carbons (Fsp3) is 0.318. The molecule has 3 heterocycles. The molecule has 1 aromatic heterocycles. The Balaban J connectivity index is 1.10. The number of thioether (sulfide) groups is 1. The second kappa shape index (κ2) is 8.76. The van der Waals surface area contributed by atoms with Gasteiger partial charge >= 0.3 is 0 Å². The molecule has 0 bridgehead atoms. The van der Waals surface area contributed by atoms with Crippen molar-refractivity contribution < 1.29 is 19.1 Å². The molecule has 0 spiro atoms. The molecule has 0 unspecified atom stereocenters. The van der Waals surface area contributed by atoms with E-state index in [1.807, 2.05) is 35.2 Å². The number of rotatable bonds is 5. The van der Waals surface area contributed by atoms with E-state index in [-0.39, 0.29) is 24.5 Å². The zero-order valence-electron chi connectivity index (χ0n) is 16.7. The molecule has 0 radical (unpaired) electrons. The summed E-state index contributed by atoms with van der Waals surface area (Å²) in [6, 6.07) is 13.4. The number of fused-ring (bicyclic) bond motifs is 2. The molecule has 9 heteroatoms. The number of benzene rings is 2. The summed E-state index contributed by atoms with van der Waals surface area (Å²) >= 11 is 3.09. The first-order chi connectivity index (χ1) is 15.2. The number of nitrogens with zero attached hydrogens (tertiary/aromatic N) is 2. The first-order valence-corrected chi connectivity index (χ1v) is 11.9. The van der Waals surface area contributed by atoms with Crippen LogP contribution in [-0.4, -0.2) is 47.3 Å². The normalized spacial score (nSPS) is 15.9. The SMILES string of the molecule is O=C(Nc1ccc2c(c1)OCO2)C1CCN(C(=O)CSc2nc3ccccc3s2)CC1. The number of nitrogens with one attached hydrogen (secondary N) is 1. The number of amides is 2. The zero-order chi connectivity index (χ0) is 21.2. The third-order valence-electron chi connectivity index (χ3n) is 5.45. The third-order valence-corrected chi connectivity index (χ3v) is 7.62. The van der Waals surface area contributed by atoms with Gasteiger partial charge in [0.15, 0.2) is 15.8 Å². The van der Waals surface area contributed by atoms with Crippen LogP contribution in [0.1, 0.15) is 12.8 Å². The Kier molecular flexibility index (Phi) is 5.69. The van der Waals surface area contributed by atoms with E-state index in [1.165, 1.54) is 11.8 Å². The Morgan fingerprint density at radius 3 is 2.77 bits per heavy atom.